The molecular weight excluding hydrogens is 198 g/mol. The summed E-state index contributed by atoms with van der Waals surface area (Å²) < 4.78 is 0. The van der Waals surface area contributed by atoms with E-state index in [2.05, 4.69) is 4.98 Å². The summed E-state index contributed by atoms with van der Waals surface area (Å²) in [6, 6.07) is 6.92. The van der Waals surface area contributed by atoms with Crippen molar-refractivity contribution in [1.29, 1.82) is 0 Å². The van der Waals surface area contributed by atoms with Crippen LogP contribution in [-0.4, -0.2) is 10.1 Å². The summed E-state index contributed by atoms with van der Waals surface area (Å²) in [6.07, 6.45) is 1.57. The minimum atomic E-state index is 0.233. The number of phenols is 1. The van der Waals surface area contributed by atoms with Crippen LogP contribution in [0.1, 0.15) is 13.8 Å². The molecule has 1 heterocycles. The topological polar surface area (TPSA) is 33.1 Å². The second-order valence-corrected chi connectivity index (χ2v) is 2.83. The normalized spacial score (nSPS) is 9.36. The van der Waals surface area contributed by atoms with E-state index in [0.29, 0.717) is 5.15 Å². The minimum absolute atomic E-state index is 0.233. The summed E-state index contributed by atoms with van der Waals surface area (Å²) in [6.45, 7) is 4.00. The molecule has 0 fully saturated rings. The van der Waals surface area contributed by atoms with Gasteiger partial charge in [0.1, 0.15) is 10.9 Å². The SMILES string of the molecule is CC.Oc1cccc2c(Cl)nccc12. The van der Waals surface area contributed by atoms with Crippen LogP contribution in [0.2, 0.25) is 5.15 Å². The first-order chi connectivity index (χ1) is 6.79. The molecular formula is C11H12ClNO. The lowest BCUT2D eigenvalue weighted by Crippen LogP contribution is -1.78. The molecule has 0 aliphatic heterocycles. The van der Waals surface area contributed by atoms with Gasteiger partial charge in [-0.2, -0.15) is 0 Å². The lowest BCUT2D eigenvalue weighted by atomic mass is 10.2. The number of pyridine rings is 1. The first-order valence-corrected chi connectivity index (χ1v) is 4.89. The standard InChI is InChI=1S/C9H6ClNO.C2H6/c10-9-7-2-1-3-8(12)6(7)4-5-11-9;1-2/h1-5,12H;1-2H3. The molecule has 0 aliphatic rings. The number of aromatic hydroxyl groups is 1. The van der Waals surface area contributed by atoms with Crippen molar-refractivity contribution >= 4 is 22.4 Å². The third-order valence-corrected chi connectivity index (χ3v) is 2.04. The average Bonchev–Trinajstić information content (AvgIpc) is 2.23. The van der Waals surface area contributed by atoms with E-state index in [1.807, 2.05) is 19.9 Å². The number of benzene rings is 1. The Labute approximate surface area is 88.2 Å². The number of hydrogen-bond donors (Lipinski definition) is 1. The van der Waals surface area contributed by atoms with Crippen LogP contribution in [0.15, 0.2) is 30.5 Å². The first-order valence-electron chi connectivity index (χ1n) is 4.51. The highest BCUT2D eigenvalue weighted by Gasteiger charge is 2.01. The van der Waals surface area contributed by atoms with Gasteiger partial charge in [-0.3, -0.25) is 0 Å². The van der Waals surface area contributed by atoms with Crippen molar-refractivity contribution in [2.24, 2.45) is 0 Å². The summed E-state index contributed by atoms with van der Waals surface area (Å²) in [4.78, 5) is 3.90. The monoisotopic (exact) mass is 209 g/mol. The van der Waals surface area contributed by atoms with Crippen molar-refractivity contribution in [1.82, 2.24) is 4.98 Å². The molecule has 1 N–H and O–H groups in total. The number of aromatic nitrogens is 1. The molecule has 0 saturated carbocycles. The summed E-state index contributed by atoms with van der Waals surface area (Å²) in [5, 5.41) is 11.3. The number of phenolic OH excluding ortho intramolecular Hbond substituents is 1. The zero-order valence-electron chi connectivity index (χ0n) is 8.16. The van der Waals surface area contributed by atoms with Crippen molar-refractivity contribution in [3.8, 4) is 5.75 Å². The second kappa shape index (κ2) is 4.82. The second-order valence-electron chi connectivity index (χ2n) is 2.47. The van der Waals surface area contributed by atoms with Crippen LogP contribution in [0.4, 0.5) is 0 Å². The highest BCUT2D eigenvalue weighted by Crippen LogP contribution is 2.27. The molecule has 0 atom stereocenters. The van der Waals surface area contributed by atoms with E-state index in [4.69, 9.17) is 11.6 Å². The lowest BCUT2D eigenvalue weighted by molar-refractivity contribution is 0.481. The number of hydrogen-bond acceptors (Lipinski definition) is 2. The predicted octanol–water partition coefficient (Wildman–Crippen LogP) is 3.62. The van der Waals surface area contributed by atoms with Crippen LogP contribution in [0.25, 0.3) is 10.8 Å². The number of rotatable bonds is 0. The van der Waals surface area contributed by atoms with E-state index < -0.39 is 0 Å². The van der Waals surface area contributed by atoms with Gasteiger partial charge in [0.25, 0.3) is 0 Å². The summed E-state index contributed by atoms with van der Waals surface area (Å²) in [7, 11) is 0. The molecule has 0 radical (unpaired) electrons. The van der Waals surface area contributed by atoms with Gasteiger partial charge in [-0.05, 0) is 12.1 Å². The third-order valence-electron chi connectivity index (χ3n) is 1.73. The molecule has 1 aromatic carbocycles. The van der Waals surface area contributed by atoms with Crippen LogP contribution in [-0.2, 0) is 0 Å². The van der Waals surface area contributed by atoms with Gasteiger partial charge in [0.05, 0.1) is 0 Å². The van der Waals surface area contributed by atoms with Gasteiger partial charge in [-0.1, -0.05) is 37.6 Å². The van der Waals surface area contributed by atoms with Crippen molar-refractivity contribution in [2.75, 3.05) is 0 Å². The summed E-state index contributed by atoms with van der Waals surface area (Å²) in [5.41, 5.74) is 0. The first kappa shape index (κ1) is 10.8. The number of fused-ring (bicyclic) bond motifs is 1. The Kier molecular flexibility index (Phi) is 3.72. The van der Waals surface area contributed by atoms with Gasteiger partial charge in [0.2, 0.25) is 0 Å². The molecule has 2 aromatic rings. The zero-order valence-corrected chi connectivity index (χ0v) is 8.92. The zero-order chi connectivity index (χ0) is 10.6. The van der Waals surface area contributed by atoms with E-state index in [0.717, 1.165) is 10.8 Å². The molecule has 0 spiro atoms. The Morgan fingerprint density at radius 2 is 1.86 bits per heavy atom. The Morgan fingerprint density at radius 1 is 1.14 bits per heavy atom. The highest BCUT2D eigenvalue weighted by molar-refractivity contribution is 6.34. The molecule has 74 valence electrons. The molecule has 0 amide bonds. The maximum Gasteiger partial charge on any atom is 0.136 e. The van der Waals surface area contributed by atoms with Gasteiger partial charge in [-0.15, -0.1) is 0 Å². The van der Waals surface area contributed by atoms with E-state index in [1.165, 1.54) is 0 Å². The average molecular weight is 210 g/mol. The Bertz CT molecular complexity index is 387. The lowest BCUT2D eigenvalue weighted by Gasteiger charge is -2.00. The fraction of sp³-hybridized carbons (Fsp3) is 0.182. The number of halogens is 1. The minimum Gasteiger partial charge on any atom is -0.507 e. The molecule has 1 aromatic heterocycles. The fourth-order valence-corrected chi connectivity index (χ4v) is 1.38. The molecule has 0 unspecified atom stereocenters. The van der Waals surface area contributed by atoms with Crippen molar-refractivity contribution < 1.29 is 5.11 Å². The molecule has 3 heteroatoms. The van der Waals surface area contributed by atoms with Gasteiger partial charge in [0, 0.05) is 17.0 Å². The molecule has 0 saturated heterocycles. The molecule has 14 heavy (non-hydrogen) atoms. The number of nitrogens with zero attached hydrogens (tertiary/aromatic N) is 1. The summed E-state index contributed by atoms with van der Waals surface area (Å²) >= 11 is 5.81. The van der Waals surface area contributed by atoms with Gasteiger partial charge in [-0.25, -0.2) is 4.98 Å². The fourth-order valence-electron chi connectivity index (χ4n) is 1.15. The van der Waals surface area contributed by atoms with Crippen molar-refractivity contribution in [3.05, 3.63) is 35.6 Å². The molecule has 2 rings (SSSR count). The van der Waals surface area contributed by atoms with E-state index >= 15 is 0 Å². The van der Waals surface area contributed by atoms with Gasteiger partial charge >= 0.3 is 0 Å². The van der Waals surface area contributed by atoms with Crippen LogP contribution in [0.5, 0.6) is 5.75 Å². The molecule has 0 aliphatic carbocycles. The third kappa shape index (κ3) is 1.96. The van der Waals surface area contributed by atoms with Crippen LogP contribution in [0.3, 0.4) is 0 Å². The van der Waals surface area contributed by atoms with E-state index in [-0.39, 0.29) is 5.75 Å². The van der Waals surface area contributed by atoms with Crippen LogP contribution < -0.4 is 0 Å². The van der Waals surface area contributed by atoms with Crippen LogP contribution >= 0.6 is 11.6 Å². The van der Waals surface area contributed by atoms with E-state index in [9.17, 15) is 5.11 Å². The Balaban J connectivity index is 0.000000461. The van der Waals surface area contributed by atoms with Gasteiger partial charge < -0.3 is 5.11 Å². The maximum absolute atomic E-state index is 9.41. The summed E-state index contributed by atoms with van der Waals surface area (Å²) in [5.74, 6) is 0.233. The molecule has 2 nitrogen and oxygen atoms in total. The van der Waals surface area contributed by atoms with E-state index in [1.54, 1.807) is 24.4 Å². The van der Waals surface area contributed by atoms with Crippen LogP contribution in [0, 0.1) is 0 Å². The largest absolute Gasteiger partial charge is 0.507 e. The highest BCUT2D eigenvalue weighted by atomic mass is 35.5. The van der Waals surface area contributed by atoms with Gasteiger partial charge in [0.15, 0.2) is 0 Å². The molecule has 0 bridgehead atoms. The Morgan fingerprint density at radius 3 is 2.50 bits per heavy atom. The smallest absolute Gasteiger partial charge is 0.136 e. The Hall–Kier alpha value is -1.28. The predicted molar refractivity (Wildman–Crippen MR) is 59.8 cm³/mol. The maximum atomic E-state index is 9.41. The van der Waals surface area contributed by atoms with Crippen molar-refractivity contribution in [3.63, 3.8) is 0 Å². The van der Waals surface area contributed by atoms with Crippen molar-refractivity contribution in [2.45, 2.75) is 13.8 Å². The quantitative estimate of drug-likeness (QED) is 0.673.